The Morgan fingerprint density at radius 1 is 1.14 bits per heavy atom. The third-order valence-electron chi connectivity index (χ3n) is 3.27. The zero-order chi connectivity index (χ0) is 15.5. The quantitative estimate of drug-likeness (QED) is 0.796. The second-order valence-electron chi connectivity index (χ2n) is 5.18. The van der Waals surface area contributed by atoms with Crippen LogP contribution in [0.1, 0.15) is 29.7 Å². The number of pyridine rings is 1. The molecule has 112 valence electrons. The van der Waals surface area contributed by atoms with E-state index in [0.29, 0.717) is 0 Å². The molecule has 1 unspecified atom stereocenters. The van der Waals surface area contributed by atoms with Gasteiger partial charge in [-0.3, -0.25) is 9.17 Å². The summed E-state index contributed by atoms with van der Waals surface area (Å²) < 4.78 is 29.4. The molecule has 4 nitrogen and oxygen atoms in total. The lowest BCUT2D eigenvalue weighted by Gasteiger charge is -2.13. The van der Waals surface area contributed by atoms with E-state index in [1.165, 1.54) is 0 Å². The summed E-state index contributed by atoms with van der Waals surface area (Å²) in [5, 5.41) is 0. The Morgan fingerprint density at radius 3 is 2.43 bits per heavy atom. The molecule has 0 aliphatic rings. The van der Waals surface area contributed by atoms with Crippen LogP contribution in [0, 0.1) is 13.8 Å². The van der Waals surface area contributed by atoms with E-state index in [1.807, 2.05) is 32.9 Å². The van der Waals surface area contributed by atoms with Gasteiger partial charge >= 0.3 is 0 Å². The maximum atomic E-state index is 12.1. The molecule has 1 aromatic heterocycles. The van der Waals surface area contributed by atoms with Crippen molar-refractivity contribution >= 4 is 10.1 Å². The van der Waals surface area contributed by atoms with E-state index in [4.69, 9.17) is 4.18 Å². The largest absolute Gasteiger partial charge is 0.296 e. The zero-order valence-electron chi connectivity index (χ0n) is 12.4. The van der Waals surface area contributed by atoms with Crippen molar-refractivity contribution in [2.75, 3.05) is 6.61 Å². The van der Waals surface area contributed by atoms with E-state index >= 15 is 0 Å². The molecular weight excluding hydrogens is 286 g/mol. The van der Waals surface area contributed by atoms with Gasteiger partial charge < -0.3 is 0 Å². The van der Waals surface area contributed by atoms with Gasteiger partial charge in [0.2, 0.25) is 0 Å². The Morgan fingerprint density at radius 2 is 1.81 bits per heavy atom. The van der Waals surface area contributed by atoms with E-state index in [2.05, 4.69) is 4.98 Å². The fourth-order valence-electron chi connectivity index (χ4n) is 1.93. The summed E-state index contributed by atoms with van der Waals surface area (Å²) in [6.45, 7) is 5.85. The SMILES string of the molecule is Cc1ccc(S(=O)(=O)OCC(C)c2ccnc(C)c2)cc1. The van der Waals surface area contributed by atoms with Gasteiger partial charge in [-0.1, -0.05) is 24.6 Å². The van der Waals surface area contributed by atoms with Gasteiger partial charge in [0.05, 0.1) is 11.5 Å². The fraction of sp³-hybridized carbons (Fsp3) is 0.312. The number of nitrogens with zero attached hydrogens (tertiary/aromatic N) is 1. The first kappa shape index (κ1) is 15.7. The monoisotopic (exact) mass is 305 g/mol. The van der Waals surface area contributed by atoms with Crippen LogP contribution in [0.15, 0.2) is 47.5 Å². The number of hydrogen-bond donors (Lipinski definition) is 0. The van der Waals surface area contributed by atoms with Gasteiger partial charge in [0.25, 0.3) is 10.1 Å². The van der Waals surface area contributed by atoms with Gasteiger partial charge in [0.1, 0.15) is 0 Å². The molecule has 0 saturated heterocycles. The van der Waals surface area contributed by atoms with Gasteiger partial charge in [0, 0.05) is 17.8 Å². The van der Waals surface area contributed by atoms with E-state index in [0.717, 1.165) is 16.8 Å². The normalized spacial score (nSPS) is 13.1. The maximum Gasteiger partial charge on any atom is 0.296 e. The first-order valence-corrected chi connectivity index (χ1v) is 8.18. The molecule has 0 fully saturated rings. The highest BCUT2D eigenvalue weighted by atomic mass is 32.2. The molecular formula is C16H19NO3S. The molecule has 0 saturated carbocycles. The topological polar surface area (TPSA) is 56.3 Å². The van der Waals surface area contributed by atoms with E-state index in [1.54, 1.807) is 30.5 Å². The Hall–Kier alpha value is -1.72. The van der Waals surface area contributed by atoms with Crippen LogP contribution in [0.25, 0.3) is 0 Å². The van der Waals surface area contributed by atoms with Crippen molar-refractivity contribution < 1.29 is 12.6 Å². The lowest BCUT2D eigenvalue weighted by Crippen LogP contribution is -2.12. The minimum absolute atomic E-state index is 0.0214. The summed E-state index contributed by atoms with van der Waals surface area (Å²) in [5.41, 5.74) is 2.93. The van der Waals surface area contributed by atoms with Crippen LogP contribution in [0.4, 0.5) is 0 Å². The van der Waals surface area contributed by atoms with Crippen molar-refractivity contribution in [3.63, 3.8) is 0 Å². The molecule has 0 radical (unpaired) electrons. The number of hydrogen-bond acceptors (Lipinski definition) is 4. The standard InChI is InChI=1S/C16H19NO3S/c1-12-4-6-16(7-5-12)21(18,19)20-11-13(2)15-8-9-17-14(3)10-15/h4-10,13H,11H2,1-3H3. The van der Waals surface area contributed by atoms with Gasteiger partial charge in [-0.05, 0) is 43.7 Å². The highest BCUT2D eigenvalue weighted by Gasteiger charge is 2.17. The summed E-state index contributed by atoms with van der Waals surface area (Å²) in [6.07, 6.45) is 1.72. The predicted molar refractivity (Wildman–Crippen MR) is 81.7 cm³/mol. The van der Waals surface area contributed by atoms with Crippen LogP contribution in [0.2, 0.25) is 0 Å². The molecule has 0 bridgehead atoms. The van der Waals surface area contributed by atoms with Gasteiger partial charge in [-0.25, -0.2) is 0 Å². The van der Waals surface area contributed by atoms with Crippen molar-refractivity contribution in [1.82, 2.24) is 4.98 Å². The first-order valence-electron chi connectivity index (χ1n) is 6.77. The third-order valence-corrected chi connectivity index (χ3v) is 4.57. The maximum absolute atomic E-state index is 12.1. The van der Waals surface area contributed by atoms with Crippen molar-refractivity contribution in [1.29, 1.82) is 0 Å². The van der Waals surface area contributed by atoms with Crippen LogP contribution >= 0.6 is 0 Å². The van der Waals surface area contributed by atoms with Crippen LogP contribution in [-0.4, -0.2) is 20.0 Å². The Kier molecular flexibility index (Phi) is 4.75. The Balaban J connectivity index is 2.06. The summed E-state index contributed by atoms with van der Waals surface area (Å²) >= 11 is 0. The van der Waals surface area contributed by atoms with Crippen molar-refractivity contribution in [3.05, 3.63) is 59.4 Å². The smallest absolute Gasteiger partial charge is 0.266 e. The number of benzene rings is 1. The molecule has 0 spiro atoms. The van der Waals surface area contributed by atoms with E-state index in [-0.39, 0.29) is 17.4 Å². The lowest BCUT2D eigenvalue weighted by molar-refractivity contribution is 0.298. The van der Waals surface area contributed by atoms with Crippen LogP contribution < -0.4 is 0 Å². The average molecular weight is 305 g/mol. The molecule has 0 aliphatic heterocycles. The molecule has 1 atom stereocenters. The van der Waals surface area contributed by atoms with Crippen molar-refractivity contribution in [2.24, 2.45) is 0 Å². The third kappa shape index (κ3) is 4.12. The minimum atomic E-state index is -3.71. The molecule has 2 aromatic rings. The molecule has 2 rings (SSSR count). The number of aryl methyl sites for hydroxylation is 2. The van der Waals surface area contributed by atoms with Gasteiger partial charge in [-0.15, -0.1) is 0 Å². The molecule has 1 heterocycles. The lowest BCUT2D eigenvalue weighted by atomic mass is 10.0. The number of rotatable bonds is 5. The summed E-state index contributed by atoms with van der Waals surface area (Å²) in [7, 11) is -3.71. The van der Waals surface area contributed by atoms with Crippen molar-refractivity contribution in [2.45, 2.75) is 31.6 Å². The van der Waals surface area contributed by atoms with E-state index < -0.39 is 10.1 Å². The highest BCUT2D eigenvalue weighted by Crippen LogP contribution is 2.19. The highest BCUT2D eigenvalue weighted by molar-refractivity contribution is 7.86. The van der Waals surface area contributed by atoms with Crippen LogP contribution in [0.3, 0.4) is 0 Å². The second kappa shape index (κ2) is 6.37. The Bertz CT molecular complexity index is 709. The zero-order valence-corrected chi connectivity index (χ0v) is 13.2. The predicted octanol–water partition coefficient (Wildman–Crippen LogP) is 3.21. The van der Waals surface area contributed by atoms with Gasteiger partial charge in [-0.2, -0.15) is 8.42 Å². The van der Waals surface area contributed by atoms with E-state index in [9.17, 15) is 8.42 Å². The molecule has 1 aromatic carbocycles. The summed E-state index contributed by atoms with van der Waals surface area (Å²) in [5.74, 6) is -0.0214. The Labute approximate surface area is 125 Å². The first-order chi connectivity index (χ1) is 9.88. The average Bonchev–Trinajstić information content (AvgIpc) is 2.45. The summed E-state index contributed by atoms with van der Waals surface area (Å²) in [4.78, 5) is 4.31. The van der Waals surface area contributed by atoms with Crippen molar-refractivity contribution in [3.8, 4) is 0 Å². The minimum Gasteiger partial charge on any atom is -0.266 e. The molecule has 0 N–H and O–H groups in total. The molecule has 0 amide bonds. The molecule has 5 heteroatoms. The van der Waals surface area contributed by atoms with Crippen LogP contribution in [-0.2, 0) is 14.3 Å². The summed E-state index contributed by atoms with van der Waals surface area (Å²) in [6, 6.07) is 10.4. The molecule has 21 heavy (non-hydrogen) atoms. The van der Waals surface area contributed by atoms with Gasteiger partial charge in [0.15, 0.2) is 0 Å². The number of aromatic nitrogens is 1. The second-order valence-corrected chi connectivity index (χ2v) is 6.80. The molecule has 0 aliphatic carbocycles. The van der Waals surface area contributed by atoms with Crippen LogP contribution in [0.5, 0.6) is 0 Å². The fourth-order valence-corrected chi connectivity index (χ4v) is 2.92.